The van der Waals surface area contributed by atoms with Gasteiger partial charge in [0, 0.05) is 18.1 Å². The lowest BCUT2D eigenvalue weighted by Gasteiger charge is -2.27. The molecule has 5 heteroatoms. The Kier molecular flexibility index (Phi) is 4.81. The quantitative estimate of drug-likeness (QED) is 0.853. The second-order valence-corrected chi connectivity index (χ2v) is 7.24. The van der Waals surface area contributed by atoms with E-state index >= 15 is 0 Å². The topological polar surface area (TPSA) is 37.4 Å². The van der Waals surface area contributed by atoms with E-state index in [2.05, 4.69) is 0 Å². The summed E-state index contributed by atoms with van der Waals surface area (Å²) in [7, 11) is -1.88. The van der Waals surface area contributed by atoms with Crippen LogP contribution in [0.15, 0.2) is 23.1 Å². The molecule has 1 rings (SSSR count). The molecule has 3 nitrogen and oxygen atoms in total. The van der Waals surface area contributed by atoms with Crippen LogP contribution in [0.4, 0.5) is 0 Å². The van der Waals surface area contributed by atoms with E-state index in [1.54, 1.807) is 32.2 Å². The van der Waals surface area contributed by atoms with Gasteiger partial charge in [-0.15, -0.1) is 0 Å². The molecule has 0 fully saturated rings. The molecule has 0 radical (unpaired) electrons. The maximum absolute atomic E-state index is 12.5. The molecule has 0 saturated carbocycles. The fraction of sp³-hybridized carbons (Fsp3) is 0.538. The minimum absolute atomic E-state index is 0.0617. The summed E-state index contributed by atoms with van der Waals surface area (Å²) in [5, 5.41) is 0.474. The second-order valence-electron chi connectivity index (χ2n) is 4.87. The average molecular weight is 290 g/mol. The molecule has 0 heterocycles. The molecule has 0 saturated heterocycles. The lowest BCUT2D eigenvalue weighted by Crippen LogP contribution is -2.38. The number of nitrogens with zero attached hydrogens (tertiary/aromatic N) is 1. The molecule has 0 unspecified atom stereocenters. The minimum Gasteiger partial charge on any atom is -0.207 e. The van der Waals surface area contributed by atoms with Gasteiger partial charge in [0.15, 0.2) is 0 Å². The summed E-state index contributed by atoms with van der Waals surface area (Å²) in [5.74, 6) is 0.254. The number of sulfonamides is 1. The first-order valence-electron chi connectivity index (χ1n) is 5.92. The standard InChI is InChI=1S/C13H20ClNO2S/c1-9(2)11(4)15(5)18(16,17)13-8-6-7-12(14)10(13)3/h6-9,11H,1-5H3/t11-/m1/s1. The molecule has 0 aliphatic heterocycles. The first-order chi connectivity index (χ1) is 8.19. The maximum Gasteiger partial charge on any atom is 0.243 e. The van der Waals surface area contributed by atoms with Crippen molar-refractivity contribution >= 4 is 21.6 Å². The fourth-order valence-electron chi connectivity index (χ4n) is 1.66. The Morgan fingerprint density at radius 3 is 2.28 bits per heavy atom. The van der Waals surface area contributed by atoms with Gasteiger partial charge in [-0.25, -0.2) is 8.42 Å². The van der Waals surface area contributed by atoms with Crippen LogP contribution < -0.4 is 0 Å². The monoisotopic (exact) mass is 289 g/mol. The highest BCUT2D eigenvalue weighted by Crippen LogP contribution is 2.26. The Morgan fingerprint density at radius 2 is 1.78 bits per heavy atom. The Bertz CT molecular complexity index is 526. The van der Waals surface area contributed by atoms with Gasteiger partial charge in [-0.2, -0.15) is 4.31 Å². The van der Waals surface area contributed by atoms with Crippen LogP contribution in [0.5, 0.6) is 0 Å². The van der Waals surface area contributed by atoms with E-state index in [1.165, 1.54) is 4.31 Å². The van der Waals surface area contributed by atoms with Gasteiger partial charge in [0.25, 0.3) is 0 Å². The summed E-state index contributed by atoms with van der Waals surface area (Å²) in [6.45, 7) is 7.63. The highest BCUT2D eigenvalue weighted by Gasteiger charge is 2.28. The molecule has 0 aliphatic carbocycles. The summed E-state index contributed by atoms with van der Waals surface area (Å²) < 4.78 is 26.4. The van der Waals surface area contributed by atoms with Crippen molar-refractivity contribution in [2.75, 3.05) is 7.05 Å². The number of hydrogen-bond donors (Lipinski definition) is 0. The summed E-state index contributed by atoms with van der Waals surface area (Å²) >= 11 is 5.98. The van der Waals surface area contributed by atoms with E-state index < -0.39 is 10.0 Å². The summed E-state index contributed by atoms with van der Waals surface area (Å²) in [5.41, 5.74) is 0.599. The average Bonchev–Trinajstić information content (AvgIpc) is 2.30. The number of hydrogen-bond acceptors (Lipinski definition) is 2. The van der Waals surface area contributed by atoms with Crippen LogP contribution in [-0.4, -0.2) is 25.8 Å². The third-order valence-electron chi connectivity index (χ3n) is 3.41. The van der Waals surface area contributed by atoms with Gasteiger partial charge in [0.1, 0.15) is 0 Å². The van der Waals surface area contributed by atoms with Crippen LogP contribution in [0.1, 0.15) is 26.3 Å². The highest BCUT2D eigenvalue weighted by molar-refractivity contribution is 7.89. The van der Waals surface area contributed by atoms with Gasteiger partial charge in [-0.3, -0.25) is 0 Å². The van der Waals surface area contributed by atoms with Gasteiger partial charge < -0.3 is 0 Å². The van der Waals surface area contributed by atoms with Crippen LogP contribution in [0.2, 0.25) is 5.02 Å². The number of benzene rings is 1. The smallest absolute Gasteiger partial charge is 0.207 e. The molecule has 0 N–H and O–H groups in total. The summed E-state index contributed by atoms with van der Waals surface area (Å²) in [4.78, 5) is 0.282. The Labute approximate surface area is 115 Å². The molecule has 0 bridgehead atoms. The third-order valence-corrected chi connectivity index (χ3v) is 5.91. The Hall–Kier alpha value is -0.580. The summed E-state index contributed by atoms with van der Waals surface area (Å²) in [6, 6.07) is 4.89. The van der Waals surface area contributed by atoms with Crippen molar-refractivity contribution in [2.24, 2.45) is 5.92 Å². The minimum atomic E-state index is -3.49. The van der Waals surface area contributed by atoms with E-state index in [0.717, 1.165) is 0 Å². The highest BCUT2D eigenvalue weighted by atomic mass is 35.5. The number of rotatable bonds is 4. The first-order valence-corrected chi connectivity index (χ1v) is 7.74. The Balaban J connectivity index is 3.26. The van der Waals surface area contributed by atoms with Gasteiger partial charge >= 0.3 is 0 Å². The molecule has 0 aromatic heterocycles. The van der Waals surface area contributed by atoms with E-state index in [4.69, 9.17) is 11.6 Å². The molecule has 0 aliphatic rings. The van der Waals surface area contributed by atoms with Crippen molar-refractivity contribution in [3.8, 4) is 0 Å². The predicted molar refractivity (Wildman–Crippen MR) is 75.4 cm³/mol. The van der Waals surface area contributed by atoms with Crippen LogP contribution in [-0.2, 0) is 10.0 Å². The van der Waals surface area contributed by atoms with Gasteiger partial charge in [0.2, 0.25) is 10.0 Å². The predicted octanol–water partition coefficient (Wildman–Crippen LogP) is 3.31. The zero-order valence-corrected chi connectivity index (χ0v) is 13.0. The number of halogens is 1. The fourth-order valence-corrected chi connectivity index (χ4v) is 3.63. The lowest BCUT2D eigenvalue weighted by atomic mass is 10.1. The van der Waals surface area contributed by atoms with Gasteiger partial charge in [-0.05, 0) is 37.5 Å². The van der Waals surface area contributed by atoms with Crippen molar-refractivity contribution in [3.63, 3.8) is 0 Å². The van der Waals surface area contributed by atoms with Crippen molar-refractivity contribution < 1.29 is 8.42 Å². The second kappa shape index (κ2) is 5.59. The van der Waals surface area contributed by atoms with E-state index in [0.29, 0.717) is 10.6 Å². The van der Waals surface area contributed by atoms with Crippen molar-refractivity contribution in [1.82, 2.24) is 4.31 Å². The van der Waals surface area contributed by atoms with E-state index in [-0.39, 0.29) is 16.9 Å². The van der Waals surface area contributed by atoms with Crippen molar-refractivity contribution in [3.05, 3.63) is 28.8 Å². The normalized spacial score (nSPS) is 14.2. The lowest BCUT2D eigenvalue weighted by molar-refractivity contribution is 0.315. The van der Waals surface area contributed by atoms with Gasteiger partial charge in [0.05, 0.1) is 4.90 Å². The summed E-state index contributed by atoms with van der Waals surface area (Å²) in [6.07, 6.45) is 0. The zero-order valence-electron chi connectivity index (χ0n) is 11.4. The maximum atomic E-state index is 12.5. The van der Waals surface area contributed by atoms with E-state index in [9.17, 15) is 8.42 Å². The first kappa shape index (κ1) is 15.5. The van der Waals surface area contributed by atoms with Crippen LogP contribution in [0, 0.1) is 12.8 Å². The molecule has 1 atom stereocenters. The van der Waals surface area contributed by atoms with Crippen LogP contribution >= 0.6 is 11.6 Å². The Morgan fingerprint density at radius 1 is 1.22 bits per heavy atom. The largest absolute Gasteiger partial charge is 0.243 e. The van der Waals surface area contributed by atoms with Gasteiger partial charge in [-0.1, -0.05) is 31.5 Å². The van der Waals surface area contributed by atoms with Crippen molar-refractivity contribution in [1.29, 1.82) is 0 Å². The third kappa shape index (κ3) is 2.87. The van der Waals surface area contributed by atoms with Crippen LogP contribution in [0.25, 0.3) is 0 Å². The van der Waals surface area contributed by atoms with Crippen molar-refractivity contribution in [2.45, 2.75) is 38.6 Å². The van der Waals surface area contributed by atoms with Crippen LogP contribution in [0.3, 0.4) is 0 Å². The molecule has 0 spiro atoms. The molecular weight excluding hydrogens is 270 g/mol. The molecule has 0 amide bonds. The molecule has 1 aromatic carbocycles. The molecule has 18 heavy (non-hydrogen) atoms. The zero-order chi connectivity index (χ0) is 14.1. The molecule has 102 valence electrons. The molecular formula is C13H20ClNO2S. The SMILES string of the molecule is Cc1c(Cl)cccc1S(=O)(=O)N(C)[C@H](C)C(C)C. The molecule has 1 aromatic rings. The van der Waals surface area contributed by atoms with E-state index in [1.807, 2.05) is 20.8 Å².